The maximum absolute atomic E-state index is 10.6. The summed E-state index contributed by atoms with van der Waals surface area (Å²) in [4.78, 5) is 10.6. The van der Waals surface area contributed by atoms with Crippen LogP contribution < -0.4 is 0 Å². The van der Waals surface area contributed by atoms with E-state index < -0.39 is 5.97 Å². The van der Waals surface area contributed by atoms with Crippen LogP contribution in [-0.2, 0) is 4.79 Å². The lowest BCUT2D eigenvalue weighted by atomic mass is 9.97. The van der Waals surface area contributed by atoms with Gasteiger partial charge in [0.05, 0.1) is 5.92 Å². The molecule has 0 spiro atoms. The summed E-state index contributed by atoms with van der Waals surface area (Å²) in [5.74, 6) is -0.722. The predicted molar refractivity (Wildman–Crippen MR) is 54.1 cm³/mol. The lowest BCUT2D eigenvalue weighted by Crippen LogP contribution is -2.12. The average molecular weight is 185 g/mol. The minimum Gasteiger partial charge on any atom is -0.481 e. The van der Waals surface area contributed by atoms with Gasteiger partial charge in [-0.3, -0.25) is 4.79 Å². The first-order valence-electron chi connectivity index (χ1n) is 4.45. The predicted octanol–water partition coefficient (Wildman–Crippen LogP) is 1.76. The topological polar surface area (TPSA) is 37.3 Å². The van der Waals surface area contributed by atoms with E-state index in [9.17, 15) is 4.79 Å². The standard InChI is InChI=1S/C9H18O2.Mg.2H/c1-3-5-7-8(6-4-2)9(10)11;;;/h8H,3-7H2,1-2H3,(H,10,11);;;. The highest BCUT2D eigenvalue weighted by Crippen LogP contribution is 2.14. The quantitative estimate of drug-likeness (QED) is 0.639. The molecule has 3 heteroatoms. The number of carbonyl (C=O) groups is 1. The van der Waals surface area contributed by atoms with Crippen LogP contribution in [0.15, 0.2) is 0 Å². The second-order valence-electron chi connectivity index (χ2n) is 2.97. The molecule has 0 aromatic rings. The molecular weight excluding hydrogens is 164 g/mol. The van der Waals surface area contributed by atoms with Crippen molar-refractivity contribution in [2.75, 3.05) is 0 Å². The van der Waals surface area contributed by atoms with E-state index in [-0.39, 0.29) is 29.0 Å². The number of carboxylic acid groups (broad SMARTS) is 1. The first-order valence-corrected chi connectivity index (χ1v) is 4.45. The Labute approximate surface area is 90.9 Å². The molecule has 0 aliphatic carbocycles. The van der Waals surface area contributed by atoms with Crippen molar-refractivity contribution < 1.29 is 9.90 Å². The van der Waals surface area contributed by atoms with Crippen molar-refractivity contribution in [3.63, 3.8) is 0 Å². The van der Waals surface area contributed by atoms with Gasteiger partial charge in [-0.2, -0.15) is 0 Å². The highest BCUT2D eigenvalue weighted by atomic mass is 24.3. The summed E-state index contributed by atoms with van der Waals surface area (Å²) >= 11 is 0. The molecule has 1 unspecified atom stereocenters. The van der Waals surface area contributed by atoms with E-state index in [0.29, 0.717) is 0 Å². The van der Waals surface area contributed by atoms with Crippen molar-refractivity contribution in [3.8, 4) is 0 Å². The Balaban J connectivity index is 0. The van der Waals surface area contributed by atoms with Gasteiger partial charge in [-0.05, 0) is 12.8 Å². The van der Waals surface area contributed by atoms with Crippen molar-refractivity contribution in [1.29, 1.82) is 0 Å². The minimum absolute atomic E-state index is 0. The molecule has 1 N–H and O–H groups in total. The number of carboxylic acids is 1. The molecule has 12 heavy (non-hydrogen) atoms. The molecule has 0 aliphatic heterocycles. The number of rotatable bonds is 6. The molecule has 0 heterocycles. The Bertz CT molecular complexity index is 115. The fourth-order valence-corrected chi connectivity index (χ4v) is 1.19. The minimum atomic E-state index is -0.625. The molecule has 0 aromatic carbocycles. The highest BCUT2D eigenvalue weighted by molar-refractivity contribution is 5.75. The van der Waals surface area contributed by atoms with E-state index in [1.807, 2.05) is 6.92 Å². The van der Waals surface area contributed by atoms with Gasteiger partial charge in [-0.1, -0.05) is 33.1 Å². The Morgan fingerprint density at radius 3 is 2.17 bits per heavy atom. The van der Waals surface area contributed by atoms with Gasteiger partial charge in [0.1, 0.15) is 0 Å². The van der Waals surface area contributed by atoms with Crippen LogP contribution in [0.3, 0.4) is 0 Å². The molecule has 0 aromatic heterocycles. The smallest absolute Gasteiger partial charge is 0.316 e. The number of aliphatic carboxylic acids is 1. The fourth-order valence-electron chi connectivity index (χ4n) is 1.19. The summed E-state index contributed by atoms with van der Waals surface area (Å²) in [6.07, 6.45) is 4.78. The van der Waals surface area contributed by atoms with Crippen LogP contribution in [0.5, 0.6) is 0 Å². The first-order chi connectivity index (χ1) is 5.22. The third-order valence-electron chi connectivity index (χ3n) is 1.89. The zero-order valence-corrected chi connectivity index (χ0v) is 7.47. The van der Waals surface area contributed by atoms with E-state index in [2.05, 4.69) is 6.92 Å². The van der Waals surface area contributed by atoms with Gasteiger partial charge in [0.2, 0.25) is 0 Å². The third-order valence-corrected chi connectivity index (χ3v) is 1.89. The molecule has 0 rings (SSSR count). The van der Waals surface area contributed by atoms with E-state index in [1.165, 1.54) is 0 Å². The maximum Gasteiger partial charge on any atom is 0.316 e. The van der Waals surface area contributed by atoms with Gasteiger partial charge in [0.15, 0.2) is 0 Å². The van der Waals surface area contributed by atoms with Gasteiger partial charge < -0.3 is 5.11 Å². The lowest BCUT2D eigenvalue weighted by Gasteiger charge is -2.08. The Morgan fingerprint density at radius 2 is 1.83 bits per heavy atom. The molecular formula is C9H20MgO2. The zero-order valence-electron chi connectivity index (χ0n) is 7.47. The largest absolute Gasteiger partial charge is 0.481 e. The molecule has 0 fully saturated rings. The summed E-state index contributed by atoms with van der Waals surface area (Å²) in [5, 5.41) is 8.73. The lowest BCUT2D eigenvalue weighted by molar-refractivity contribution is -0.142. The van der Waals surface area contributed by atoms with Crippen LogP contribution in [0.25, 0.3) is 0 Å². The van der Waals surface area contributed by atoms with Crippen molar-refractivity contribution in [2.24, 2.45) is 5.92 Å². The molecule has 2 nitrogen and oxygen atoms in total. The van der Waals surface area contributed by atoms with Gasteiger partial charge >= 0.3 is 29.0 Å². The molecule has 1 atom stereocenters. The highest BCUT2D eigenvalue weighted by Gasteiger charge is 2.14. The molecule has 0 bridgehead atoms. The molecule has 0 aliphatic rings. The van der Waals surface area contributed by atoms with Crippen LogP contribution in [0.1, 0.15) is 46.0 Å². The summed E-state index contributed by atoms with van der Waals surface area (Å²) in [5.41, 5.74) is 0. The van der Waals surface area contributed by atoms with Crippen molar-refractivity contribution in [3.05, 3.63) is 0 Å². The van der Waals surface area contributed by atoms with E-state index in [0.717, 1.165) is 32.1 Å². The average Bonchev–Trinajstić information content (AvgIpc) is 1.97. The molecule has 70 valence electrons. The van der Waals surface area contributed by atoms with Crippen LogP contribution in [0, 0.1) is 5.92 Å². The number of hydrogen-bond donors (Lipinski definition) is 1. The Hall–Kier alpha value is 0.236. The fraction of sp³-hybridized carbons (Fsp3) is 0.889. The van der Waals surface area contributed by atoms with Crippen LogP contribution >= 0.6 is 0 Å². The second-order valence-corrected chi connectivity index (χ2v) is 2.97. The monoisotopic (exact) mass is 184 g/mol. The van der Waals surface area contributed by atoms with Crippen LogP contribution in [0.2, 0.25) is 0 Å². The SMILES string of the molecule is CCCCC(CCC)C(=O)O.[MgH2]. The van der Waals surface area contributed by atoms with Crippen molar-refractivity contribution in [2.45, 2.75) is 46.0 Å². The third kappa shape index (κ3) is 6.92. The Morgan fingerprint density at radius 1 is 1.25 bits per heavy atom. The molecule has 0 saturated carbocycles. The van der Waals surface area contributed by atoms with Gasteiger partial charge in [-0.15, -0.1) is 0 Å². The number of hydrogen-bond acceptors (Lipinski definition) is 1. The van der Waals surface area contributed by atoms with Crippen LogP contribution in [-0.4, -0.2) is 34.1 Å². The summed E-state index contributed by atoms with van der Waals surface area (Å²) in [6.45, 7) is 4.12. The summed E-state index contributed by atoms with van der Waals surface area (Å²) in [6, 6.07) is 0. The molecule has 0 saturated heterocycles. The normalized spacial score (nSPS) is 11.8. The van der Waals surface area contributed by atoms with Gasteiger partial charge in [0.25, 0.3) is 0 Å². The maximum atomic E-state index is 10.6. The van der Waals surface area contributed by atoms with Crippen LogP contribution in [0.4, 0.5) is 0 Å². The molecule has 0 amide bonds. The Kier molecular flexibility index (Phi) is 11.5. The van der Waals surface area contributed by atoms with E-state index in [1.54, 1.807) is 0 Å². The summed E-state index contributed by atoms with van der Waals surface area (Å²) < 4.78 is 0. The zero-order chi connectivity index (χ0) is 8.69. The van der Waals surface area contributed by atoms with E-state index in [4.69, 9.17) is 5.11 Å². The van der Waals surface area contributed by atoms with Gasteiger partial charge in [0, 0.05) is 0 Å². The number of unbranched alkanes of at least 4 members (excludes halogenated alkanes) is 1. The second kappa shape index (κ2) is 9.33. The molecule has 0 radical (unpaired) electrons. The first kappa shape index (κ1) is 14.7. The van der Waals surface area contributed by atoms with Gasteiger partial charge in [-0.25, -0.2) is 0 Å². The summed E-state index contributed by atoms with van der Waals surface area (Å²) in [7, 11) is 0. The van der Waals surface area contributed by atoms with Crippen molar-refractivity contribution >= 4 is 29.0 Å². The van der Waals surface area contributed by atoms with Crippen molar-refractivity contribution in [1.82, 2.24) is 0 Å². The van der Waals surface area contributed by atoms with E-state index >= 15 is 0 Å².